The number of ether oxygens (including phenoxy) is 2. The highest BCUT2D eigenvalue weighted by Crippen LogP contribution is 2.17. The Hall–Kier alpha value is -1.87. The molecule has 2 aromatic heterocycles. The molecule has 0 unspecified atom stereocenters. The molecular formula is C15H21BrN4O4. The van der Waals surface area contributed by atoms with Gasteiger partial charge in [0, 0.05) is 18.8 Å². The van der Waals surface area contributed by atoms with Gasteiger partial charge in [-0.05, 0) is 36.7 Å². The van der Waals surface area contributed by atoms with Gasteiger partial charge in [0.05, 0.1) is 23.8 Å². The molecular weight excluding hydrogens is 380 g/mol. The lowest BCUT2D eigenvalue weighted by molar-refractivity contribution is 0.0193. The van der Waals surface area contributed by atoms with Crippen molar-refractivity contribution < 1.29 is 19.4 Å². The van der Waals surface area contributed by atoms with Crippen LogP contribution in [-0.2, 0) is 4.74 Å². The number of carbonyl (C=O) groups excluding carboxylic acids is 1. The average Bonchev–Trinajstić information content (AvgIpc) is 2.86. The van der Waals surface area contributed by atoms with E-state index in [4.69, 9.17) is 14.6 Å². The van der Waals surface area contributed by atoms with Crippen LogP contribution in [0.4, 0.5) is 4.79 Å². The third-order valence-electron chi connectivity index (χ3n) is 2.93. The summed E-state index contributed by atoms with van der Waals surface area (Å²) in [6.45, 7) is 5.92. The fourth-order valence-electron chi connectivity index (χ4n) is 1.91. The van der Waals surface area contributed by atoms with Crippen LogP contribution < -0.4 is 4.74 Å². The monoisotopic (exact) mass is 400 g/mol. The number of amides is 1. The van der Waals surface area contributed by atoms with E-state index in [0.717, 1.165) is 4.47 Å². The standard InChI is InChI=1S/C15H21BrN4O4/c1-15(2,3)24-14(22)19(6-8-21)7-9-23-12-4-5-20-13(18-12)11(16)10-17-20/h4-5,10,21H,6-9H2,1-3H3. The molecule has 2 aromatic rings. The van der Waals surface area contributed by atoms with Crippen LogP contribution >= 0.6 is 15.9 Å². The molecule has 2 heterocycles. The van der Waals surface area contributed by atoms with E-state index < -0.39 is 11.7 Å². The van der Waals surface area contributed by atoms with Gasteiger partial charge < -0.3 is 19.5 Å². The highest BCUT2D eigenvalue weighted by atomic mass is 79.9. The Balaban J connectivity index is 1.93. The number of hydrogen-bond acceptors (Lipinski definition) is 6. The van der Waals surface area contributed by atoms with E-state index in [-0.39, 0.29) is 26.3 Å². The van der Waals surface area contributed by atoms with Gasteiger partial charge in [-0.3, -0.25) is 0 Å². The summed E-state index contributed by atoms with van der Waals surface area (Å²) in [6, 6.07) is 1.69. The molecule has 1 amide bonds. The number of aliphatic hydroxyl groups excluding tert-OH is 1. The minimum absolute atomic E-state index is 0.147. The topological polar surface area (TPSA) is 89.2 Å². The number of aromatic nitrogens is 3. The maximum atomic E-state index is 12.1. The largest absolute Gasteiger partial charge is 0.476 e. The summed E-state index contributed by atoms with van der Waals surface area (Å²) >= 11 is 3.36. The van der Waals surface area contributed by atoms with Crippen LogP contribution in [0.5, 0.6) is 5.88 Å². The molecule has 0 atom stereocenters. The van der Waals surface area contributed by atoms with Crippen molar-refractivity contribution in [2.75, 3.05) is 26.3 Å². The molecule has 0 aliphatic carbocycles. The summed E-state index contributed by atoms with van der Waals surface area (Å²) in [5.41, 5.74) is 0.0545. The highest BCUT2D eigenvalue weighted by Gasteiger charge is 2.21. The van der Waals surface area contributed by atoms with Crippen LogP contribution in [0.1, 0.15) is 20.8 Å². The SMILES string of the molecule is CC(C)(C)OC(=O)N(CCO)CCOc1ccn2ncc(Br)c2n1. The lowest BCUT2D eigenvalue weighted by atomic mass is 10.2. The van der Waals surface area contributed by atoms with Gasteiger partial charge in [-0.25, -0.2) is 9.31 Å². The molecule has 0 fully saturated rings. The number of carbonyl (C=O) groups is 1. The molecule has 0 aliphatic heterocycles. The van der Waals surface area contributed by atoms with Crippen molar-refractivity contribution in [3.05, 3.63) is 22.9 Å². The minimum Gasteiger partial charge on any atom is -0.476 e. The zero-order valence-corrected chi connectivity index (χ0v) is 15.5. The zero-order chi connectivity index (χ0) is 17.7. The summed E-state index contributed by atoms with van der Waals surface area (Å²) < 4.78 is 13.3. The molecule has 0 bridgehead atoms. The molecule has 0 aromatic carbocycles. The number of fused-ring (bicyclic) bond motifs is 1. The van der Waals surface area contributed by atoms with Gasteiger partial charge in [-0.1, -0.05) is 0 Å². The number of hydrogen-bond donors (Lipinski definition) is 1. The molecule has 0 saturated heterocycles. The zero-order valence-electron chi connectivity index (χ0n) is 13.9. The maximum absolute atomic E-state index is 12.1. The summed E-state index contributed by atoms with van der Waals surface area (Å²) in [7, 11) is 0. The van der Waals surface area contributed by atoms with E-state index in [0.29, 0.717) is 11.5 Å². The Kier molecular flexibility index (Phi) is 6.00. The van der Waals surface area contributed by atoms with Crippen LogP contribution in [0, 0.1) is 0 Å². The van der Waals surface area contributed by atoms with Gasteiger partial charge in [0.15, 0.2) is 5.65 Å². The molecule has 0 aliphatic rings. The van der Waals surface area contributed by atoms with Crippen molar-refractivity contribution >= 4 is 27.7 Å². The first-order valence-corrected chi connectivity index (χ1v) is 8.31. The van der Waals surface area contributed by atoms with E-state index >= 15 is 0 Å². The smallest absolute Gasteiger partial charge is 0.410 e. The Bertz CT molecular complexity index is 698. The van der Waals surface area contributed by atoms with Crippen LogP contribution in [0.25, 0.3) is 5.65 Å². The van der Waals surface area contributed by atoms with Gasteiger partial charge in [0.25, 0.3) is 0 Å². The molecule has 0 radical (unpaired) electrons. The summed E-state index contributed by atoms with van der Waals surface area (Å²) in [6.07, 6.45) is 2.90. The quantitative estimate of drug-likeness (QED) is 0.798. The first kappa shape index (κ1) is 18.5. The summed E-state index contributed by atoms with van der Waals surface area (Å²) in [5, 5.41) is 13.2. The van der Waals surface area contributed by atoms with E-state index in [1.165, 1.54) is 4.90 Å². The maximum Gasteiger partial charge on any atom is 0.410 e. The van der Waals surface area contributed by atoms with E-state index in [1.807, 2.05) is 0 Å². The van der Waals surface area contributed by atoms with E-state index in [2.05, 4.69) is 26.0 Å². The second-order valence-electron chi connectivity index (χ2n) is 6.07. The van der Waals surface area contributed by atoms with Gasteiger partial charge in [-0.15, -0.1) is 0 Å². The minimum atomic E-state index is -0.591. The highest BCUT2D eigenvalue weighted by molar-refractivity contribution is 9.10. The van der Waals surface area contributed by atoms with Crippen LogP contribution in [-0.4, -0.2) is 62.6 Å². The summed E-state index contributed by atoms with van der Waals surface area (Å²) in [5.74, 6) is 0.428. The van der Waals surface area contributed by atoms with E-state index in [9.17, 15) is 4.79 Å². The van der Waals surface area contributed by atoms with Gasteiger partial charge in [0.2, 0.25) is 5.88 Å². The first-order valence-electron chi connectivity index (χ1n) is 7.51. The van der Waals surface area contributed by atoms with Gasteiger partial charge in [0.1, 0.15) is 12.2 Å². The fourth-order valence-corrected chi connectivity index (χ4v) is 2.27. The lowest BCUT2D eigenvalue weighted by Gasteiger charge is -2.26. The molecule has 0 spiro atoms. The first-order chi connectivity index (χ1) is 11.3. The number of nitrogens with zero attached hydrogens (tertiary/aromatic N) is 4. The van der Waals surface area contributed by atoms with Crippen molar-refractivity contribution in [2.24, 2.45) is 0 Å². The molecule has 132 valence electrons. The van der Waals surface area contributed by atoms with Crippen molar-refractivity contribution in [3.63, 3.8) is 0 Å². The third kappa shape index (κ3) is 5.07. The van der Waals surface area contributed by atoms with Gasteiger partial charge in [-0.2, -0.15) is 10.1 Å². The van der Waals surface area contributed by atoms with Gasteiger partial charge >= 0.3 is 6.09 Å². The molecule has 0 saturated carbocycles. The second kappa shape index (κ2) is 7.80. The molecule has 9 heteroatoms. The number of halogens is 1. The summed E-state index contributed by atoms with van der Waals surface area (Å²) in [4.78, 5) is 17.8. The fraction of sp³-hybridized carbons (Fsp3) is 0.533. The average molecular weight is 401 g/mol. The van der Waals surface area contributed by atoms with Crippen molar-refractivity contribution in [3.8, 4) is 5.88 Å². The molecule has 24 heavy (non-hydrogen) atoms. The predicted molar refractivity (Wildman–Crippen MR) is 91.1 cm³/mol. The Morgan fingerprint density at radius 1 is 1.42 bits per heavy atom. The second-order valence-corrected chi connectivity index (χ2v) is 6.92. The Labute approximate surface area is 148 Å². The van der Waals surface area contributed by atoms with Crippen molar-refractivity contribution in [2.45, 2.75) is 26.4 Å². The number of rotatable bonds is 6. The van der Waals surface area contributed by atoms with Crippen molar-refractivity contribution in [1.82, 2.24) is 19.5 Å². The van der Waals surface area contributed by atoms with Crippen LogP contribution in [0.2, 0.25) is 0 Å². The third-order valence-corrected chi connectivity index (χ3v) is 3.49. The van der Waals surface area contributed by atoms with E-state index in [1.54, 1.807) is 43.7 Å². The van der Waals surface area contributed by atoms with Crippen LogP contribution in [0.3, 0.4) is 0 Å². The van der Waals surface area contributed by atoms with Crippen molar-refractivity contribution in [1.29, 1.82) is 0 Å². The molecule has 2 rings (SSSR count). The van der Waals surface area contributed by atoms with Crippen LogP contribution in [0.15, 0.2) is 22.9 Å². The Morgan fingerprint density at radius 2 is 2.17 bits per heavy atom. The number of aliphatic hydroxyl groups is 1. The Morgan fingerprint density at radius 3 is 2.83 bits per heavy atom. The molecule has 1 N–H and O–H groups in total. The molecule has 8 nitrogen and oxygen atoms in total. The predicted octanol–water partition coefficient (Wildman–Crippen LogP) is 2.10. The lowest BCUT2D eigenvalue weighted by Crippen LogP contribution is -2.40. The normalized spacial score (nSPS) is 11.5.